The van der Waals surface area contributed by atoms with Gasteiger partial charge in [0.05, 0.1) is 18.4 Å². The van der Waals surface area contributed by atoms with E-state index in [1.807, 2.05) is 7.05 Å². The van der Waals surface area contributed by atoms with Crippen molar-refractivity contribution in [3.8, 4) is 5.75 Å². The second-order valence-corrected chi connectivity index (χ2v) is 7.44. The van der Waals surface area contributed by atoms with Gasteiger partial charge in [-0.15, -0.1) is 0 Å². The topological polar surface area (TPSA) is 61.9 Å². The van der Waals surface area contributed by atoms with Gasteiger partial charge in [0.25, 0.3) is 11.8 Å². The lowest BCUT2D eigenvalue weighted by Crippen LogP contribution is -2.47. The number of benzene rings is 2. The lowest BCUT2D eigenvalue weighted by molar-refractivity contribution is 0.0664. The Morgan fingerprint density at radius 2 is 1.82 bits per heavy atom. The van der Waals surface area contributed by atoms with Gasteiger partial charge in [-0.05, 0) is 59.4 Å². The monoisotopic (exact) mass is 449 g/mol. The van der Waals surface area contributed by atoms with E-state index in [9.17, 15) is 14.0 Å². The molecular weight excluding hydrogens is 429 g/mol. The quantitative estimate of drug-likeness (QED) is 0.777. The number of hydrogen-bond acceptors (Lipinski definition) is 4. The maximum atomic E-state index is 13.5. The van der Waals surface area contributed by atoms with Crippen LogP contribution >= 0.6 is 15.9 Å². The molecule has 0 atom stereocenters. The third-order valence-corrected chi connectivity index (χ3v) is 5.35. The fourth-order valence-electron chi connectivity index (χ4n) is 2.99. The molecule has 2 aromatic rings. The summed E-state index contributed by atoms with van der Waals surface area (Å²) in [5, 5.41) is 2.71. The molecule has 1 heterocycles. The first-order valence-electron chi connectivity index (χ1n) is 8.81. The SMILES string of the molecule is COc1ccc(C(=O)N2CCN(C)CC2)cc1NC(=O)c1cc(F)ccc1Br. The molecule has 0 aliphatic carbocycles. The number of halogens is 2. The average molecular weight is 450 g/mol. The van der Waals surface area contributed by atoms with Crippen LogP contribution in [0.1, 0.15) is 20.7 Å². The largest absolute Gasteiger partial charge is 0.495 e. The molecule has 1 fully saturated rings. The van der Waals surface area contributed by atoms with Crippen molar-refractivity contribution in [3.63, 3.8) is 0 Å². The summed E-state index contributed by atoms with van der Waals surface area (Å²) in [6.07, 6.45) is 0. The standard InChI is InChI=1S/C20H21BrFN3O3/c1-24-7-9-25(10-8-24)20(27)13-3-6-18(28-2)17(11-13)23-19(26)15-12-14(22)4-5-16(15)21/h3-6,11-12H,7-10H2,1-2H3,(H,23,26). The van der Waals surface area contributed by atoms with Gasteiger partial charge < -0.3 is 19.9 Å². The summed E-state index contributed by atoms with van der Waals surface area (Å²) in [5.41, 5.74) is 0.959. The number of piperazine rings is 1. The number of carbonyl (C=O) groups excluding carboxylic acids is 2. The minimum atomic E-state index is -0.515. The minimum Gasteiger partial charge on any atom is -0.495 e. The number of carbonyl (C=O) groups is 2. The zero-order valence-corrected chi connectivity index (χ0v) is 17.3. The molecule has 0 unspecified atom stereocenters. The minimum absolute atomic E-state index is 0.0989. The number of nitrogens with one attached hydrogen (secondary N) is 1. The fourth-order valence-corrected chi connectivity index (χ4v) is 3.42. The molecule has 0 radical (unpaired) electrons. The van der Waals surface area contributed by atoms with Gasteiger partial charge in [-0.2, -0.15) is 0 Å². The molecule has 148 valence electrons. The Bertz CT molecular complexity index is 898. The van der Waals surface area contributed by atoms with Gasteiger partial charge in [0.1, 0.15) is 11.6 Å². The predicted octanol–water partition coefficient (Wildman–Crippen LogP) is 3.24. The summed E-state index contributed by atoms with van der Waals surface area (Å²) in [7, 11) is 3.50. The van der Waals surface area contributed by atoms with Gasteiger partial charge in [-0.1, -0.05) is 0 Å². The Morgan fingerprint density at radius 1 is 1.11 bits per heavy atom. The molecule has 3 rings (SSSR count). The normalized spacial score (nSPS) is 14.6. The number of likely N-dealkylation sites (N-methyl/N-ethyl adjacent to an activating group) is 1. The zero-order valence-electron chi connectivity index (χ0n) is 15.7. The molecule has 0 aromatic heterocycles. The van der Waals surface area contributed by atoms with Gasteiger partial charge in [0, 0.05) is 36.2 Å². The third kappa shape index (κ3) is 4.51. The number of methoxy groups -OCH3 is 1. The van der Waals surface area contributed by atoms with E-state index < -0.39 is 11.7 Å². The Balaban J connectivity index is 1.84. The summed E-state index contributed by atoms with van der Waals surface area (Å²) in [6.45, 7) is 2.94. The number of nitrogens with zero attached hydrogens (tertiary/aromatic N) is 2. The Hall–Kier alpha value is -2.45. The van der Waals surface area contributed by atoms with E-state index in [4.69, 9.17) is 4.74 Å². The highest BCUT2D eigenvalue weighted by Gasteiger charge is 2.22. The van der Waals surface area contributed by atoms with Crippen molar-refractivity contribution in [2.45, 2.75) is 0 Å². The Labute approximate surface area is 171 Å². The second-order valence-electron chi connectivity index (χ2n) is 6.59. The van der Waals surface area contributed by atoms with Crippen LogP contribution < -0.4 is 10.1 Å². The van der Waals surface area contributed by atoms with Crippen molar-refractivity contribution in [1.82, 2.24) is 9.80 Å². The van der Waals surface area contributed by atoms with Crippen LogP contribution in [0, 0.1) is 5.82 Å². The van der Waals surface area contributed by atoms with Crippen LogP contribution in [-0.4, -0.2) is 62.0 Å². The van der Waals surface area contributed by atoms with Crippen molar-refractivity contribution in [2.75, 3.05) is 45.7 Å². The van der Waals surface area contributed by atoms with E-state index >= 15 is 0 Å². The van der Waals surface area contributed by atoms with Crippen LogP contribution in [0.2, 0.25) is 0 Å². The van der Waals surface area contributed by atoms with Gasteiger partial charge >= 0.3 is 0 Å². The fraction of sp³-hybridized carbons (Fsp3) is 0.300. The Kier molecular flexibility index (Phi) is 6.31. The van der Waals surface area contributed by atoms with E-state index in [1.165, 1.54) is 19.2 Å². The molecule has 0 spiro atoms. The predicted molar refractivity (Wildman–Crippen MR) is 108 cm³/mol. The maximum absolute atomic E-state index is 13.5. The van der Waals surface area contributed by atoms with Crippen LogP contribution in [0.4, 0.5) is 10.1 Å². The molecule has 6 nitrogen and oxygen atoms in total. The van der Waals surface area contributed by atoms with Crippen molar-refractivity contribution in [2.24, 2.45) is 0 Å². The molecule has 2 amide bonds. The highest BCUT2D eigenvalue weighted by atomic mass is 79.9. The molecule has 0 saturated carbocycles. The summed E-state index contributed by atoms with van der Waals surface area (Å²) in [6, 6.07) is 8.77. The van der Waals surface area contributed by atoms with E-state index in [-0.39, 0.29) is 11.5 Å². The summed E-state index contributed by atoms with van der Waals surface area (Å²) < 4.78 is 19.3. The van der Waals surface area contributed by atoms with Crippen LogP contribution in [0.3, 0.4) is 0 Å². The van der Waals surface area contributed by atoms with E-state index in [2.05, 4.69) is 26.1 Å². The highest BCUT2D eigenvalue weighted by Crippen LogP contribution is 2.28. The van der Waals surface area contributed by atoms with Crippen molar-refractivity contribution < 1.29 is 18.7 Å². The smallest absolute Gasteiger partial charge is 0.257 e. The maximum Gasteiger partial charge on any atom is 0.257 e. The molecule has 1 saturated heterocycles. The lowest BCUT2D eigenvalue weighted by Gasteiger charge is -2.32. The van der Waals surface area contributed by atoms with Crippen LogP contribution in [0.5, 0.6) is 5.75 Å². The number of anilines is 1. The van der Waals surface area contributed by atoms with E-state index in [1.54, 1.807) is 23.1 Å². The number of amides is 2. The molecule has 1 N–H and O–H groups in total. The molecule has 1 aliphatic rings. The molecule has 8 heteroatoms. The van der Waals surface area contributed by atoms with E-state index in [0.29, 0.717) is 34.6 Å². The van der Waals surface area contributed by atoms with Crippen molar-refractivity contribution >= 4 is 33.4 Å². The number of ether oxygens (including phenoxy) is 1. The van der Waals surface area contributed by atoms with E-state index in [0.717, 1.165) is 19.2 Å². The van der Waals surface area contributed by atoms with Gasteiger partial charge in [-0.25, -0.2) is 4.39 Å². The summed E-state index contributed by atoms with van der Waals surface area (Å²) in [4.78, 5) is 29.4. The molecule has 1 aliphatic heterocycles. The Morgan fingerprint density at radius 3 is 2.50 bits per heavy atom. The lowest BCUT2D eigenvalue weighted by atomic mass is 10.1. The highest BCUT2D eigenvalue weighted by molar-refractivity contribution is 9.10. The van der Waals surface area contributed by atoms with Gasteiger partial charge in [-0.3, -0.25) is 9.59 Å². The van der Waals surface area contributed by atoms with Gasteiger partial charge in [0.2, 0.25) is 0 Å². The van der Waals surface area contributed by atoms with Gasteiger partial charge in [0.15, 0.2) is 0 Å². The first-order chi connectivity index (χ1) is 13.4. The van der Waals surface area contributed by atoms with Crippen LogP contribution in [-0.2, 0) is 0 Å². The summed E-state index contributed by atoms with van der Waals surface area (Å²) >= 11 is 3.25. The third-order valence-electron chi connectivity index (χ3n) is 4.66. The number of rotatable bonds is 4. The molecule has 28 heavy (non-hydrogen) atoms. The first-order valence-corrected chi connectivity index (χ1v) is 9.60. The first kappa shape index (κ1) is 20.3. The van der Waals surface area contributed by atoms with Crippen LogP contribution in [0.25, 0.3) is 0 Å². The average Bonchev–Trinajstić information content (AvgIpc) is 2.69. The molecule has 0 bridgehead atoms. The molecular formula is C20H21BrFN3O3. The molecule has 2 aromatic carbocycles. The van der Waals surface area contributed by atoms with Crippen molar-refractivity contribution in [1.29, 1.82) is 0 Å². The zero-order chi connectivity index (χ0) is 20.3. The summed E-state index contributed by atoms with van der Waals surface area (Å²) in [5.74, 6) is -0.706. The number of hydrogen-bond donors (Lipinski definition) is 1. The second kappa shape index (κ2) is 8.70. The van der Waals surface area contributed by atoms with Crippen molar-refractivity contribution in [3.05, 3.63) is 57.8 Å². The van der Waals surface area contributed by atoms with Crippen LogP contribution in [0.15, 0.2) is 40.9 Å².